The molecule has 0 aliphatic carbocycles. The first-order valence-corrected chi connectivity index (χ1v) is 10.7. The third kappa shape index (κ3) is 13.3. The Balaban J connectivity index is 0.000000445. The largest absolute Gasteiger partial charge is 0.478 e. The molecular formula is C25H36O6. The van der Waals surface area contributed by atoms with E-state index in [0.717, 1.165) is 32.1 Å². The highest BCUT2D eigenvalue weighted by Gasteiger charge is 2.26. The van der Waals surface area contributed by atoms with Crippen molar-refractivity contribution in [3.05, 3.63) is 71.8 Å². The molecule has 172 valence electrons. The number of benzene rings is 2. The summed E-state index contributed by atoms with van der Waals surface area (Å²) in [7, 11) is 0. The van der Waals surface area contributed by atoms with Crippen molar-refractivity contribution < 1.29 is 30.0 Å². The molecule has 2 unspecified atom stereocenters. The van der Waals surface area contributed by atoms with Gasteiger partial charge in [-0.05, 0) is 43.5 Å². The smallest absolute Gasteiger partial charge is 0.335 e. The lowest BCUT2D eigenvalue weighted by atomic mass is 9.88. The van der Waals surface area contributed by atoms with Crippen molar-refractivity contribution in [2.45, 2.75) is 71.0 Å². The van der Waals surface area contributed by atoms with Crippen LogP contribution in [0.4, 0.5) is 0 Å². The van der Waals surface area contributed by atoms with Gasteiger partial charge in [0, 0.05) is 6.42 Å². The summed E-state index contributed by atoms with van der Waals surface area (Å²) in [5.74, 6) is -1.76. The molecule has 0 radical (unpaired) electrons. The Morgan fingerprint density at radius 3 is 1.48 bits per heavy atom. The van der Waals surface area contributed by atoms with Gasteiger partial charge in [-0.1, -0.05) is 70.0 Å². The first-order chi connectivity index (χ1) is 14.7. The molecule has 2 aromatic carbocycles. The molecule has 0 aliphatic heterocycles. The maximum Gasteiger partial charge on any atom is 0.335 e. The zero-order valence-electron chi connectivity index (χ0n) is 18.7. The number of carbonyl (C=O) groups is 2. The molecule has 2 aromatic rings. The molecular weight excluding hydrogens is 396 g/mol. The van der Waals surface area contributed by atoms with Gasteiger partial charge in [-0.15, -0.1) is 0 Å². The normalized spacial score (nSPS) is 12.8. The van der Waals surface area contributed by atoms with Crippen LogP contribution in [-0.4, -0.2) is 44.1 Å². The highest BCUT2D eigenvalue weighted by molar-refractivity contribution is 5.87. The third-order valence-corrected chi connectivity index (χ3v) is 4.65. The van der Waals surface area contributed by atoms with Crippen molar-refractivity contribution in [1.29, 1.82) is 0 Å². The van der Waals surface area contributed by atoms with Gasteiger partial charge in [0.15, 0.2) is 0 Å². The van der Waals surface area contributed by atoms with Gasteiger partial charge in [0.2, 0.25) is 0 Å². The molecule has 0 saturated carbocycles. The Labute approximate surface area is 185 Å². The second-order valence-corrected chi connectivity index (χ2v) is 7.32. The Morgan fingerprint density at radius 2 is 1.23 bits per heavy atom. The summed E-state index contributed by atoms with van der Waals surface area (Å²) >= 11 is 0. The van der Waals surface area contributed by atoms with Crippen LogP contribution in [0.5, 0.6) is 0 Å². The van der Waals surface area contributed by atoms with Gasteiger partial charge in [0.05, 0.1) is 22.8 Å². The first kappa shape index (κ1) is 28.3. The molecule has 2 rings (SSSR count). The van der Waals surface area contributed by atoms with E-state index in [0.29, 0.717) is 17.5 Å². The van der Waals surface area contributed by atoms with Crippen molar-refractivity contribution in [3.8, 4) is 0 Å². The van der Waals surface area contributed by atoms with Gasteiger partial charge in [-0.3, -0.25) is 0 Å². The van der Waals surface area contributed by atoms with Crippen molar-refractivity contribution in [2.24, 2.45) is 0 Å². The lowest BCUT2D eigenvalue weighted by Crippen LogP contribution is -2.32. The van der Waals surface area contributed by atoms with Crippen molar-refractivity contribution in [2.75, 3.05) is 0 Å². The van der Waals surface area contributed by atoms with E-state index in [1.54, 1.807) is 60.7 Å². The van der Waals surface area contributed by atoms with E-state index in [9.17, 15) is 19.8 Å². The van der Waals surface area contributed by atoms with Crippen LogP contribution in [0.1, 0.15) is 80.0 Å². The van der Waals surface area contributed by atoms with E-state index in [1.165, 1.54) is 0 Å². The van der Waals surface area contributed by atoms with E-state index in [2.05, 4.69) is 6.92 Å². The zero-order chi connectivity index (χ0) is 23.7. The molecule has 0 heterocycles. The van der Waals surface area contributed by atoms with Crippen LogP contribution in [-0.2, 0) is 0 Å². The molecule has 2 atom stereocenters. The van der Waals surface area contributed by atoms with Crippen molar-refractivity contribution >= 4 is 11.9 Å². The number of aliphatic hydroxyl groups excluding tert-OH is 1. The molecule has 6 heteroatoms. The van der Waals surface area contributed by atoms with E-state index in [1.807, 2.05) is 13.8 Å². The summed E-state index contributed by atoms with van der Waals surface area (Å²) in [5.41, 5.74) is 0.0265. The van der Waals surface area contributed by atoms with E-state index < -0.39 is 17.5 Å². The van der Waals surface area contributed by atoms with Crippen LogP contribution < -0.4 is 0 Å². The van der Waals surface area contributed by atoms with E-state index >= 15 is 0 Å². The Morgan fingerprint density at radius 1 is 0.806 bits per heavy atom. The number of aliphatic hydroxyl groups is 2. The lowest BCUT2D eigenvalue weighted by molar-refractivity contribution is -0.0227. The van der Waals surface area contributed by atoms with Crippen LogP contribution >= 0.6 is 0 Å². The fourth-order valence-electron chi connectivity index (χ4n) is 2.92. The molecule has 0 fully saturated rings. The van der Waals surface area contributed by atoms with E-state index in [4.69, 9.17) is 10.2 Å². The monoisotopic (exact) mass is 432 g/mol. The summed E-state index contributed by atoms with van der Waals surface area (Å²) in [4.78, 5) is 20.4. The topological polar surface area (TPSA) is 115 Å². The molecule has 4 N–H and O–H groups in total. The number of carboxylic acids is 2. The zero-order valence-corrected chi connectivity index (χ0v) is 18.7. The van der Waals surface area contributed by atoms with Gasteiger partial charge < -0.3 is 20.4 Å². The number of carboxylic acid groups (broad SMARTS) is 2. The number of rotatable bonds is 9. The minimum absolute atomic E-state index is 0.331. The van der Waals surface area contributed by atoms with Crippen LogP contribution in [0, 0.1) is 0 Å². The van der Waals surface area contributed by atoms with Gasteiger partial charge in [0.25, 0.3) is 0 Å². The van der Waals surface area contributed by atoms with Crippen LogP contribution in [0.2, 0.25) is 0 Å². The SMILES string of the molecule is CCCC(O)CC(O)(CC)CCC.O=C(O)c1ccccc1.O=C(O)c1ccccc1. The minimum atomic E-state index is -0.879. The van der Waals surface area contributed by atoms with Crippen molar-refractivity contribution in [3.63, 3.8) is 0 Å². The number of hydrogen-bond donors (Lipinski definition) is 4. The minimum Gasteiger partial charge on any atom is -0.478 e. The average Bonchev–Trinajstić information content (AvgIpc) is 2.76. The van der Waals surface area contributed by atoms with E-state index in [-0.39, 0.29) is 6.10 Å². The fourth-order valence-corrected chi connectivity index (χ4v) is 2.92. The number of hydrogen-bond acceptors (Lipinski definition) is 4. The quantitative estimate of drug-likeness (QED) is 0.430. The second kappa shape index (κ2) is 16.1. The molecule has 6 nitrogen and oxygen atoms in total. The Hall–Kier alpha value is -2.70. The summed E-state index contributed by atoms with van der Waals surface area (Å²) in [5, 5.41) is 36.4. The molecule has 0 aliphatic rings. The predicted octanol–water partition coefficient (Wildman–Crippen LogP) is 5.25. The van der Waals surface area contributed by atoms with Gasteiger partial charge in [-0.2, -0.15) is 0 Å². The molecule has 31 heavy (non-hydrogen) atoms. The predicted molar refractivity (Wildman–Crippen MR) is 122 cm³/mol. The maximum absolute atomic E-state index is 10.2. The summed E-state index contributed by atoms with van der Waals surface area (Å²) < 4.78 is 0. The summed E-state index contributed by atoms with van der Waals surface area (Å²) in [6.07, 6.45) is 4.49. The fraction of sp³-hybridized carbons (Fsp3) is 0.440. The molecule has 0 amide bonds. The Bertz CT molecular complexity index is 683. The Kier molecular flexibility index (Phi) is 14.7. The summed E-state index contributed by atoms with van der Waals surface area (Å²) in [6.45, 7) is 6.09. The van der Waals surface area contributed by atoms with Gasteiger partial charge >= 0.3 is 11.9 Å². The van der Waals surface area contributed by atoms with Crippen molar-refractivity contribution in [1.82, 2.24) is 0 Å². The van der Waals surface area contributed by atoms with Gasteiger partial charge in [-0.25, -0.2) is 9.59 Å². The molecule has 0 saturated heterocycles. The van der Waals surface area contributed by atoms with Gasteiger partial charge in [0.1, 0.15) is 0 Å². The highest BCUT2D eigenvalue weighted by atomic mass is 16.4. The number of aromatic carboxylic acids is 2. The average molecular weight is 433 g/mol. The third-order valence-electron chi connectivity index (χ3n) is 4.65. The highest BCUT2D eigenvalue weighted by Crippen LogP contribution is 2.24. The maximum atomic E-state index is 10.2. The van der Waals surface area contributed by atoms with Crippen LogP contribution in [0.3, 0.4) is 0 Å². The van der Waals surface area contributed by atoms with Crippen LogP contribution in [0.15, 0.2) is 60.7 Å². The summed E-state index contributed by atoms with van der Waals surface area (Å²) in [6, 6.07) is 16.6. The van der Waals surface area contributed by atoms with Crippen LogP contribution in [0.25, 0.3) is 0 Å². The molecule has 0 spiro atoms. The molecule has 0 bridgehead atoms. The second-order valence-electron chi connectivity index (χ2n) is 7.32. The standard InChI is InChI=1S/C11H24O2.2C7H6O2/c1-4-7-10(12)9-11(13,6-3)8-5-2;2*8-7(9)6-4-2-1-3-5-6/h10,12-13H,4-9H2,1-3H3;2*1-5H,(H,8,9). The molecule has 0 aromatic heterocycles. The first-order valence-electron chi connectivity index (χ1n) is 10.7. The lowest BCUT2D eigenvalue weighted by Gasteiger charge is -2.28.